The van der Waals surface area contributed by atoms with Gasteiger partial charge in [-0.25, -0.2) is 0 Å². The average molecular weight is 499 g/mol. The molecule has 0 rings (SSSR count). The van der Waals surface area contributed by atoms with Gasteiger partial charge in [0, 0.05) is 0 Å². The van der Waals surface area contributed by atoms with E-state index in [0.717, 1.165) is 38.5 Å². The summed E-state index contributed by atoms with van der Waals surface area (Å²) in [6.07, 6.45) is 6.59. The standard InChI is InChI=1S/3C10H21O.Al/c3*1-8(2)5-10(7-11)6-9(3)4;/h3*8-10H,5-7H2,1-4H3;/q3*-1;+3. The first-order chi connectivity index (χ1) is 15.2. The second-order valence-electron chi connectivity index (χ2n) is 12.9. The molecule has 0 N–H and O–H groups in total. The van der Waals surface area contributed by atoms with Crippen molar-refractivity contribution in [3.63, 3.8) is 0 Å². The maximum Gasteiger partial charge on any atom is 3.00 e. The molecule has 0 amide bonds. The molecule has 0 aliphatic heterocycles. The van der Waals surface area contributed by atoms with Gasteiger partial charge < -0.3 is 15.3 Å². The number of hydrogen-bond donors (Lipinski definition) is 0. The van der Waals surface area contributed by atoms with E-state index in [2.05, 4.69) is 83.1 Å². The Morgan fingerprint density at radius 3 is 0.500 bits per heavy atom. The van der Waals surface area contributed by atoms with Crippen LogP contribution < -0.4 is 15.3 Å². The van der Waals surface area contributed by atoms with Crippen LogP contribution in [0.1, 0.15) is 122 Å². The van der Waals surface area contributed by atoms with Crippen LogP contribution in [-0.2, 0) is 0 Å². The Bertz CT molecular complexity index is 294. The van der Waals surface area contributed by atoms with Crippen molar-refractivity contribution < 1.29 is 15.3 Å². The normalized spacial score (nSPS) is 11.6. The van der Waals surface area contributed by atoms with Crippen molar-refractivity contribution >= 4 is 17.4 Å². The summed E-state index contributed by atoms with van der Waals surface area (Å²) in [7, 11) is 0. The van der Waals surface area contributed by atoms with Crippen LogP contribution in [0.2, 0.25) is 0 Å². The zero-order chi connectivity index (χ0) is 26.6. The summed E-state index contributed by atoms with van der Waals surface area (Å²) in [6, 6.07) is 0. The molecule has 3 nitrogen and oxygen atoms in total. The Morgan fingerprint density at radius 2 is 0.441 bits per heavy atom. The van der Waals surface area contributed by atoms with Crippen molar-refractivity contribution in [2.24, 2.45) is 53.3 Å². The van der Waals surface area contributed by atoms with E-state index >= 15 is 0 Å². The third-order valence-electron chi connectivity index (χ3n) is 5.54. The van der Waals surface area contributed by atoms with E-state index in [-0.39, 0.29) is 37.2 Å². The zero-order valence-electron chi connectivity index (χ0n) is 25.4. The first-order valence-electron chi connectivity index (χ1n) is 13.9. The Hall–Kier alpha value is 0.412. The fraction of sp³-hybridized carbons (Fsp3) is 1.00. The van der Waals surface area contributed by atoms with Crippen LogP contribution in [0.4, 0.5) is 0 Å². The molecule has 0 aromatic carbocycles. The van der Waals surface area contributed by atoms with Gasteiger partial charge in [0.1, 0.15) is 0 Å². The third kappa shape index (κ3) is 34.6. The van der Waals surface area contributed by atoms with E-state index in [1.54, 1.807) is 0 Å². The Morgan fingerprint density at radius 1 is 0.324 bits per heavy atom. The van der Waals surface area contributed by atoms with Crippen LogP contribution in [0.15, 0.2) is 0 Å². The van der Waals surface area contributed by atoms with Crippen LogP contribution in [0.5, 0.6) is 0 Å². The molecule has 0 spiro atoms. The summed E-state index contributed by atoms with van der Waals surface area (Å²) in [5.41, 5.74) is 0. The fourth-order valence-electron chi connectivity index (χ4n) is 4.70. The minimum Gasteiger partial charge on any atom is -0.854 e. The molecule has 34 heavy (non-hydrogen) atoms. The van der Waals surface area contributed by atoms with Crippen LogP contribution in [-0.4, -0.2) is 37.2 Å². The minimum atomic E-state index is 0. The topological polar surface area (TPSA) is 69.2 Å². The van der Waals surface area contributed by atoms with Gasteiger partial charge in [-0.2, -0.15) is 0 Å². The van der Waals surface area contributed by atoms with Gasteiger partial charge in [0.2, 0.25) is 0 Å². The second-order valence-corrected chi connectivity index (χ2v) is 12.9. The molecule has 0 aliphatic rings. The molecule has 0 fully saturated rings. The van der Waals surface area contributed by atoms with E-state index in [1.165, 1.54) is 0 Å². The summed E-state index contributed by atoms with van der Waals surface area (Å²) < 4.78 is 0. The van der Waals surface area contributed by atoms with E-state index in [9.17, 15) is 15.3 Å². The first-order valence-corrected chi connectivity index (χ1v) is 13.9. The average Bonchev–Trinajstić information content (AvgIpc) is 2.65. The molecule has 0 aromatic heterocycles. The molecule has 0 aromatic rings. The third-order valence-corrected chi connectivity index (χ3v) is 5.54. The molecule has 0 saturated heterocycles. The Balaban J connectivity index is -0.000000196. The van der Waals surface area contributed by atoms with Gasteiger partial charge in [0.15, 0.2) is 0 Å². The zero-order valence-corrected chi connectivity index (χ0v) is 26.5. The molecule has 204 valence electrons. The van der Waals surface area contributed by atoms with Gasteiger partial charge in [0.25, 0.3) is 0 Å². The number of rotatable bonds is 15. The quantitative estimate of drug-likeness (QED) is 0.269. The summed E-state index contributed by atoms with van der Waals surface area (Å²) in [5, 5.41) is 32.1. The largest absolute Gasteiger partial charge is 3.00 e. The minimum absolute atomic E-state index is 0. The van der Waals surface area contributed by atoms with Crippen molar-refractivity contribution in [3.8, 4) is 0 Å². The second kappa shape index (κ2) is 26.5. The van der Waals surface area contributed by atoms with Crippen LogP contribution in [0, 0.1) is 53.3 Å². The van der Waals surface area contributed by atoms with Crippen molar-refractivity contribution in [2.45, 2.75) is 122 Å². The molecule has 0 saturated carbocycles. The Labute approximate surface area is 227 Å². The van der Waals surface area contributed by atoms with E-state index in [4.69, 9.17) is 0 Å². The summed E-state index contributed by atoms with van der Waals surface area (Å²) >= 11 is 0. The fourth-order valence-corrected chi connectivity index (χ4v) is 4.70. The van der Waals surface area contributed by atoms with Gasteiger partial charge >= 0.3 is 17.4 Å². The van der Waals surface area contributed by atoms with Gasteiger partial charge in [-0.3, -0.25) is 0 Å². The SMILES string of the molecule is CC(C)CC(C[O-])CC(C)C.CC(C)CC(C[O-])CC(C)C.CC(C)CC(C[O-])CC(C)C.[Al+3]. The monoisotopic (exact) mass is 498 g/mol. The summed E-state index contributed by atoms with van der Waals surface area (Å²) in [6.45, 7) is 26.5. The molecule has 0 aliphatic carbocycles. The maximum absolute atomic E-state index is 10.7. The molecular weight excluding hydrogens is 435 g/mol. The molecule has 0 bridgehead atoms. The predicted molar refractivity (Wildman–Crippen MR) is 148 cm³/mol. The summed E-state index contributed by atoms with van der Waals surface area (Å²) in [4.78, 5) is 0. The van der Waals surface area contributed by atoms with Crippen LogP contribution in [0.25, 0.3) is 0 Å². The van der Waals surface area contributed by atoms with Crippen LogP contribution >= 0.6 is 0 Å². The summed E-state index contributed by atoms with van der Waals surface area (Å²) in [5.74, 6) is 5.28. The molecular formula is C30H63AlO3. The Kier molecular flexibility index (Phi) is 32.3. The predicted octanol–water partition coefficient (Wildman–Crippen LogP) is 5.78. The van der Waals surface area contributed by atoms with Gasteiger partial charge in [-0.15, -0.1) is 19.8 Å². The van der Waals surface area contributed by atoms with E-state index in [1.807, 2.05) is 0 Å². The molecule has 0 unspecified atom stereocenters. The van der Waals surface area contributed by atoms with E-state index < -0.39 is 0 Å². The molecule has 0 radical (unpaired) electrons. The van der Waals surface area contributed by atoms with Crippen molar-refractivity contribution in [1.82, 2.24) is 0 Å². The van der Waals surface area contributed by atoms with Gasteiger partial charge in [-0.05, 0) is 74.0 Å². The van der Waals surface area contributed by atoms with Crippen LogP contribution in [0.3, 0.4) is 0 Å². The van der Waals surface area contributed by atoms with Crippen molar-refractivity contribution in [3.05, 3.63) is 0 Å². The maximum atomic E-state index is 10.7. The van der Waals surface area contributed by atoms with Gasteiger partial charge in [0.05, 0.1) is 0 Å². The molecule has 0 atom stereocenters. The van der Waals surface area contributed by atoms with Crippen molar-refractivity contribution in [2.75, 3.05) is 19.8 Å². The molecule has 4 heteroatoms. The number of hydrogen-bond acceptors (Lipinski definition) is 3. The first kappa shape index (κ1) is 41.5. The molecule has 0 heterocycles. The van der Waals surface area contributed by atoms with Gasteiger partial charge in [-0.1, -0.05) is 101 Å². The van der Waals surface area contributed by atoms with E-state index in [0.29, 0.717) is 53.3 Å². The smallest absolute Gasteiger partial charge is 0.854 e. The van der Waals surface area contributed by atoms with Crippen molar-refractivity contribution in [1.29, 1.82) is 0 Å².